The second-order valence-corrected chi connectivity index (χ2v) is 18.7. The normalized spacial score (nSPS) is 18.2. The van der Waals surface area contributed by atoms with Crippen molar-refractivity contribution in [2.24, 2.45) is 10.8 Å². The van der Waals surface area contributed by atoms with Crippen LogP contribution in [0.1, 0.15) is 121 Å². The fourth-order valence-corrected chi connectivity index (χ4v) is 7.82. The third-order valence-corrected chi connectivity index (χ3v) is 11.7. The van der Waals surface area contributed by atoms with Gasteiger partial charge in [0.15, 0.2) is 0 Å². The van der Waals surface area contributed by atoms with Crippen molar-refractivity contribution in [3.05, 3.63) is 117 Å². The van der Waals surface area contributed by atoms with Crippen molar-refractivity contribution in [3.8, 4) is 0 Å². The van der Waals surface area contributed by atoms with Crippen LogP contribution in [0.4, 0.5) is 0 Å². The molecule has 62 heavy (non-hydrogen) atoms. The van der Waals surface area contributed by atoms with Gasteiger partial charge in [-0.15, -0.1) is 0 Å². The van der Waals surface area contributed by atoms with Gasteiger partial charge in [-0.25, -0.2) is 9.59 Å². The minimum atomic E-state index is -0.315. The molecule has 8 nitrogen and oxygen atoms in total. The van der Waals surface area contributed by atoms with Gasteiger partial charge < -0.3 is 28.7 Å². The van der Waals surface area contributed by atoms with Gasteiger partial charge in [0.1, 0.15) is 0 Å². The second-order valence-electron chi connectivity index (χ2n) is 18.7. The highest BCUT2D eigenvalue weighted by Crippen LogP contribution is 2.41. The van der Waals surface area contributed by atoms with E-state index in [2.05, 4.69) is 102 Å². The van der Waals surface area contributed by atoms with E-state index in [0.717, 1.165) is 50.2 Å². The monoisotopic (exact) mass is 857 g/mol. The zero-order chi connectivity index (χ0) is 46.0. The number of likely N-dealkylation sites (N-methyl/N-ethyl adjacent to an activating group) is 2. The third-order valence-electron chi connectivity index (χ3n) is 11.7. The summed E-state index contributed by atoms with van der Waals surface area (Å²) in [5, 5.41) is 0. The fourth-order valence-electron chi connectivity index (χ4n) is 7.82. The van der Waals surface area contributed by atoms with E-state index in [1.807, 2.05) is 52.2 Å². The Kier molecular flexibility index (Phi) is 25.9. The Balaban J connectivity index is 1.48. The van der Waals surface area contributed by atoms with Crippen molar-refractivity contribution in [2.75, 3.05) is 79.9 Å². The number of carbonyl (C=O) groups is 2. The average Bonchev–Trinajstić information content (AvgIpc) is 3.18. The van der Waals surface area contributed by atoms with Crippen LogP contribution in [-0.4, -0.2) is 102 Å². The van der Waals surface area contributed by atoms with Crippen LogP contribution in [0, 0.1) is 10.8 Å². The second kappa shape index (κ2) is 29.5. The first-order valence-electron chi connectivity index (χ1n) is 23.1. The Labute approximate surface area is 377 Å². The Morgan fingerprint density at radius 2 is 0.935 bits per heavy atom. The van der Waals surface area contributed by atoms with Crippen molar-refractivity contribution in [1.82, 2.24) is 9.80 Å². The maximum Gasteiger partial charge on any atom is 0.331 e. The van der Waals surface area contributed by atoms with Crippen LogP contribution in [0.5, 0.6) is 0 Å². The predicted octanol–water partition coefficient (Wildman–Crippen LogP) is 11.8. The largest absolute Gasteiger partial charge is 0.462 e. The highest BCUT2D eigenvalue weighted by Gasteiger charge is 2.27. The maximum absolute atomic E-state index is 12.3. The van der Waals surface area contributed by atoms with Gasteiger partial charge in [-0.3, -0.25) is 0 Å². The summed E-state index contributed by atoms with van der Waals surface area (Å²) in [7, 11) is 4.08. The first kappa shape index (κ1) is 54.3. The minimum absolute atomic E-state index is 0.233. The standard InChI is InChI=1S/C54H84N2O6/c1-43(25-27-49-47(5)23-15-29-53(49,7)8)19-13-21-45(3)41-51(57)61-35-17-31-55(11)33-37-59-39-40-60-38-34-56(12)32-18-36-62-52(58)42-46(4)22-14-20-44(2)26-28-50-48(6)24-16-30-54(50,9)10/h13-14,19-22,25-28,41-42H,15-18,23-24,29-40H2,1-12H3/b21-13+,22-14+,27-25+,28-26+,43-19+,44-20+,45-41+,46-42+. The molecule has 0 saturated heterocycles. The van der Waals surface area contributed by atoms with Gasteiger partial charge in [0.05, 0.1) is 39.6 Å². The number of nitrogens with zero attached hydrogens (tertiary/aromatic N) is 2. The van der Waals surface area contributed by atoms with Crippen LogP contribution in [0.3, 0.4) is 0 Å². The molecule has 2 aliphatic rings. The smallest absolute Gasteiger partial charge is 0.331 e. The summed E-state index contributed by atoms with van der Waals surface area (Å²) in [5.41, 5.74) is 10.4. The fraction of sp³-hybridized carbons (Fsp3) is 0.593. The first-order chi connectivity index (χ1) is 29.4. The number of hydrogen-bond acceptors (Lipinski definition) is 8. The Morgan fingerprint density at radius 3 is 1.31 bits per heavy atom. The summed E-state index contributed by atoms with van der Waals surface area (Å²) in [6.45, 7) is 28.1. The van der Waals surface area contributed by atoms with Gasteiger partial charge in [0.25, 0.3) is 0 Å². The van der Waals surface area contributed by atoms with Crippen molar-refractivity contribution in [2.45, 2.75) is 121 Å². The lowest BCUT2D eigenvalue weighted by molar-refractivity contribution is -0.138. The van der Waals surface area contributed by atoms with Gasteiger partial charge in [-0.1, -0.05) is 111 Å². The third kappa shape index (κ3) is 23.6. The molecule has 0 saturated carbocycles. The number of carbonyl (C=O) groups excluding carboxylic acids is 2. The summed E-state index contributed by atoms with van der Waals surface area (Å²) in [6, 6.07) is 0. The molecule has 0 radical (unpaired) electrons. The summed E-state index contributed by atoms with van der Waals surface area (Å²) in [6.07, 6.45) is 32.9. The Bertz CT molecular complexity index is 1600. The van der Waals surface area contributed by atoms with Crippen LogP contribution in [0.2, 0.25) is 0 Å². The van der Waals surface area contributed by atoms with Crippen LogP contribution < -0.4 is 0 Å². The van der Waals surface area contributed by atoms with E-state index in [1.54, 1.807) is 12.2 Å². The van der Waals surface area contributed by atoms with Gasteiger partial charge in [-0.2, -0.15) is 0 Å². The zero-order valence-electron chi connectivity index (χ0n) is 41.0. The van der Waals surface area contributed by atoms with E-state index < -0.39 is 0 Å². The molecular weight excluding hydrogens is 773 g/mol. The SMILES string of the molecule is CC1=C(/C=C/C(C)=C/C=C/C(C)=C/C(=O)OCCCN(C)CCOCCOCCN(C)CCCOC(=O)/C=C(C)/C=C/C=C(C)/C=C/C2=C(C)CCCC2(C)C)C(C)(C)CCC1. The maximum atomic E-state index is 12.3. The van der Waals surface area contributed by atoms with Crippen LogP contribution in [0.15, 0.2) is 117 Å². The number of hydrogen-bond donors (Lipinski definition) is 0. The topological polar surface area (TPSA) is 77.5 Å². The molecule has 2 rings (SSSR count). The molecule has 0 aromatic heterocycles. The van der Waals surface area contributed by atoms with Crippen molar-refractivity contribution in [3.63, 3.8) is 0 Å². The molecule has 8 heteroatoms. The minimum Gasteiger partial charge on any atom is -0.462 e. The molecule has 0 N–H and O–H groups in total. The Morgan fingerprint density at radius 1 is 0.548 bits per heavy atom. The summed E-state index contributed by atoms with van der Waals surface area (Å²) in [4.78, 5) is 28.9. The molecule has 0 aliphatic heterocycles. The number of ether oxygens (including phenoxy) is 4. The van der Waals surface area contributed by atoms with E-state index in [0.29, 0.717) is 39.6 Å². The molecule has 0 bridgehead atoms. The molecule has 2 aliphatic carbocycles. The average molecular weight is 857 g/mol. The zero-order valence-corrected chi connectivity index (χ0v) is 41.0. The molecule has 346 valence electrons. The lowest BCUT2D eigenvalue weighted by atomic mass is 9.72. The van der Waals surface area contributed by atoms with Gasteiger partial charge in [0.2, 0.25) is 0 Å². The van der Waals surface area contributed by atoms with Crippen molar-refractivity contribution >= 4 is 11.9 Å². The van der Waals surface area contributed by atoms with Crippen molar-refractivity contribution in [1.29, 1.82) is 0 Å². The quantitative estimate of drug-likeness (QED) is 0.0350. The molecule has 0 fully saturated rings. The molecule has 0 unspecified atom stereocenters. The summed E-state index contributed by atoms with van der Waals surface area (Å²) >= 11 is 0. The van der Waals surface area contributed by atoms with Crippen LogP contribution in [0.25, 0.3) is 0 Å². The van der Waals surface area contributed by atoms with Gasteiger partial charge in [-0.05, 0) is 140 Å². The highest BCUT2D eigenvalue weighted by atomic mass is 16.5. The molecule has 0 aromatic rings. The van der Waals surface area contributed by atoms with Gasteiger partial charge in [0, 0.05) is 38.3 Å². The van der Waals surface area contributed by atoms with Gasteiger partial charge >= 0.3 is 11.9 Å². The molecular formula is C54H84N2O6. The summed E-state index contributed by atoms with van der Waals surface area (Å²) in [5.74, 6) is -0.630. The van der Waals surface area contributed by atoms with E-state index >= 15 is 0 Å². The van der Waals surface area contributed by atoms with E-state index in [4.69, 9.17) is 18.9 Å². The van der Waals surface area contributed by atoms with E-state index in [9.17, 15) is 9.59 Å². The number of esters is 2. The highest BCUT2D eigenvalue weighted by molar-refractivity contribution is 5.83. The van der Waals surface area contributed by atoms with Crippen LogP contribution in [-0.2, 0) is 28.5 Å². The molecule has 0 heterocycles. The molecule has 0 aromatic carbocycles. The lowest BCUT2D eigenvalue weighted by Crippen LogP contribution is -2.27. The van der Waals surface area contributed by atoms with Crippen LogP contribution >= 0.6 is 0 Å². The predicted molar refractivity (Wildman–Crippen MR) is 260 cm³/mol. The Hall–Kier alpha value is -3.82. The van der Waals surface area contributed by atoms with Crippen molar-refractivity contribution < 1.29 is 28.5 Å². The first-order valence-corrected chi connectivity index (χ1v) is 23.1. The molecule has 0 atom stereocenters. The lowest BCUT2D eigenvalue weighted by Gasteiger charge is -2.33. The molecule has 0 amide bonds. The number of rotatable bonds is 27. The number of allylic oxidation sites excluding steroid dienone is 18. The van der Waals surface area contributed by atoms with E-state index in [1.165, 1.54) is 72.0 Å². The summed E-state index contributed by atoms with van der Waals surface area (Å²) < 4.78 is 22.3. The van der Waals surface area contributed by atoms with E-state index in [-0.39, 0.29) is 22.8 Å². The molecule has 0 spiro atoms.